The molecule has 5 heteroatoms. The van der Waals surface area contributed by atoms with Crippen LogP contribution in [0.15, 0.2) is 0 Å². The smallest absolute Gasteiger partial charge is 0.162 e. The molecular formula is C14H38N2PSi2+. The van der Waals surface area contributed by atoms with E-state index in [1.54, 1.807) is 0 Å². The van der Waals surface area contributed by atoms with Gasteiger partial charge in [-0.25, -0.2) is 9.51 Å². The van der Waals surface area contributed by atoms with Crippen LogP contribution in [-0.4, -0.2) is 26.8 Å². The predicted molar refractivity (Wildman–Crippen MR) is 99.4 cm³/mol. The first-order valence-electron chi connectivity index (χ1n) is 7.39. The first-order valence-corrected chi connectivity index (χ1v) is 16.2. The van der Waals surface area contributed by atoms with Crippen LogP contribution in [0.2, 0.25) is 39.3 Å². The van der Waals surface area contributed by atoms with Crippen LogP contribution in [0.4, 0.5) is 0 Å². The molecule has 0 aromatic carbocycles. The molecule has 0 spiro atoms. The van der Waals surface area contributed by atoms with E-state index < -0.39 is 24.0 Å². The Bertz CT molecular complexity index is 271. The Morgan fingerprint density at radius 2 is 0.789 bits per heavy atom. The lowest BCUT2D eigenvalue weighted by atomic mass is 10.2. The number of rotatable bonds is 4. The number of nitrogens with one attached hydrogen (secondary N) is 2. The van der Waals surface area contributed by atoms with Crippen molar-refractivity contribution in [3.8, 4) is 0 Å². The minimum Gasteiger partial charge on any atom is -0.203 e. The molecule has 0 rings (SSSR count). The van der Waals surface area contributed by atoms with Crippen molar-refractivity contribution in [2.24, 2.45) is 0 Å². The molecule has 2 nitrogen and oxygen atoms in total. The molecule has 19 heavy (non-hydrogen) atoms. The SMILES string of the molecule is CC(C)(C)[P+](N[Si](C)(C)C)(N[Si](C)(C)C)C(C)(C)C. The van der Waals surface area contributed by atoms with Gasteiger partial charge in [0.2, 0.25) is 0 Å². The van der Waals surface area contributed by atoms with Crippen LogP contribution in [0.3, 0.4) is 0 Å². The predicted octanol–water partition coefficient (Wildman–Crippen LogP) is 5.28. The second-order valence-corrected chi connectivity index (χ2v) is 24.5. The van der Waals surface area contributed by atoms with E-state index in [4.69, 9.17) is 0 Å². The summed E-state index contributed by atoms with van der Waals surface area (Å²) < 4.78 is 8.36. The van der Waals surface area contributed by atoms with Crippen molar-refractivity contribution in [3.63, 3.8) is 0 Å². The van der Waals surface area contributed by atoms with Crippen molar-refractivity contribution in [2.45, 2.75) is 91.1 Å². The van der Waals surface area contributed by atoms with E-state index in [9.17, 15) is 0 Å². The highest BCUT2D eigenvalue weighted by molar-refractivity contribution is 7.78. The summed E-state index contributed by atoms with van der Waals surface area (Å²) in [5, 5.41) is 0.539. The highest BCUT2D eigenvalue weighted by Crippen LogP contribution is 2.71. The fraction of sp³-hybridized carbons (Fsp3) is 1.00. The zero-order valence-electron chi connectivity index (χ0n) is 15.4. The zero-order valence-corrected chi connectivity index (χ0v) is 18.3. The largest absolute Gasteiger partial charge is 0.203 e. The summed E-state index contributed by atoms with van der Waals surface area (Å²) in [4.78, 5) is 0. The normalized spacial score (nSPS) is 15.8. The van der Waals surface area contributed by atoms with Gasteiger partial charge in [0.1, 0.15) is 17.9 Å². The van der Waals surface area contributed by atoms with E-state index >= 15 is 0 Å². The first-order chi connectivity index (χ1) is 7.91. The van der Waals surface area contributed by atoms with Gasteiger partial charge < -0.3 is 0 Å². The second kappa shape index (κ2) is 5.53. The summed E-state index contributed by atoms with van der Waals surface area (Å²) in [5.41, 5.74) is 0. The Balaban J connectivity index is 5.91. The third-order valence-electron chi connectivity index (χ3n) is 3.02. The quantitative estimate of drug-likeness (QED) is 0.544. The van der Waals surface area contributed by atoms with Gasteiger partial charge in [-0.15, -0.1) is 0 Å². The molecule has 0 radical (unpaired) electrons. The van der Waals surface area contributed by atoms with Crippen molar-refractivity contribution < 1.29 is 0 Å². The molecule has 0 atom stereocenters. The fourth-order valence-corrected chi connectivity index (χ4v) is 18.9. The zero-order chi connectivity index (χ0) is 15.9. The Kier molecular flexibility index (Phi) is 5.76. The molecule has 0 heterocycles. The van der Waals surface area contributed by atoms with E-state index in [-0.39, 0.29) is 10.3 Å². The van der Waals surface area contributed by atoms with Crippen LogP contribution in [0.1, 0.15) is 41.5 Å². The van der Waals surface area contributed by atoms with Crippen LogP contribution in [0, 0.1) is 0 Å². The summed E-state index contributed by atoms with van der Waals surface area (Å²) in [6.07, 6.45) is 0. The van der Waals surface area contributed by atoms with E-state index in [0.29, 0.717) is 0 Å². The van der Waals surface area contributed by atoms with Gasteiger partial charge in [-0.05, 0) is 41.5 Å². The van der Waals surface area contributed by atoms with Crippen molar-refractivity contribution in [3.05, 3.63) is 0 Å². The van der Waals surface area contributed by atoms with Gasteiger partial charge in [-0.1, -0.05) is 39.3 Å². The molecule has 116 valence electrons. The van der Waals surface area contributed by atoms with E-state index in [1.807, 2.05) is 0 Å². The molecule has 0 aromatic heterocycles. The highest BCUT2D eigenvalue weighted by atomic mass is 31.2. The second-order valence-electron chi connectivity index (χ2n) is 9.74. The third-order valence-corrected chi connectivity index (χ3v) is 15.1. The highest BCUT2D eigenvalue weighted by Gasteiger charge is 2.61. The van der Waals surface area contributed by atoms with E-state index in [2.05, 4.69) is 90.3 Å². The molecule has 2 N–H and O–H groups in total. The van der Waals surface area contributed by atoms with Gasteiger partial charge in [0, 0.05) is 0 Å². The van der Waals surface area contributed by atoms with Gasteiger partial charge in [-0.3, -0.25) is 0 Å². The number of hydrogen-bond acceptors (Lipinski definition) is 2. The topological polar surface area (TPSA) is 24.1 Å². The summed E-state index contributed by atoms with van der Waals surface area (Å²) in [6, 6.07) is 0. The van der Waals surface area contributed by atoms with Gasteiger partial charge in [0.15, 0.2) is 16.5 Å². The molecule has 0 amide bonds. The molecule has 0 aromatic rings. The molecule has 0 unspecified atom stereocenters. The lowest BCUT2D eigenvalue weighted by molar-refractivity contribution is 0.667. The first kappa shape index (κ1) is 19.8. The summed E-state index contributed by atoms with van der Waals surface area (Å²) in [6.45, 7) is 29.0. The molecular weight excluding hydrogens is 283 g/mol. The Hall–Kier alpha value is 0.784. The molecule has 0 aliphatic heterocycles. The summed E-state index contributed by atoms with van der Waals surface area (Å²) in [5.74, 6) is 0. The van der Waals surface area contributed by atoms with Gasteiger partial charge in [-0.2, -0.15) is 0 Å². The molecule has 0 saturated heterocycles. The molecule has 0 aliphatic carbocycles. The average molecular weight is 322 g/mol. The Morgan fingerprint density at radius 1 is 0.579 bits per heavy atom. The molecule has 0 fully saturated rings. The van der Waals surface area contributed by atoms with Crippen LogP contribution >= 0.6 is 7.56 Å². The monoisotopic (exact) mass is 321 g/mol. The number of hydrogen-bond donors (Lipinski definition) is 2. The van der Waals surface area contributed by atoms with Crippen LogP contribution in [-0.2, 0) is 0 Å². The summed E-state index contributed by atoms with van der Waals surface area (Å²) in [7, 11) is -4.19. The fourth-order valence-electron chi connectivity index (χ4n) is 2.71. The maximum Gasteiger partial charge on any atom is 0.162 e. The minimum absolute atomic E-state index is 0.270. The van der Waals surface area contributed by atoms with Crippen molar-refractivity contribution in [1.82, 2.24) is 9.51 Å². The van der Waals surface area contributed by atoms with Crippen molar-refractivity contribution in [2.75, 3.05) is 0 Å². The van der Waals surface area contributed by atoms with E-state index in [0.717, 1.165) is 0 Å². The van der Waals surface area contributed by atoms with Gasteiger partial charge in [0.25, 0.3) is 0 Å². The summed E-state index contributed by atoms with van der Waals surface area (Å²) >= 11 is 0. The van der Waals surface area contributed by atoms with Crippen molar-refractivity contribution in [1.29, 1.82) is 0 Å². The van der Waals surface area contributed by atoms with E-state index in [1.165, 1.54) is 0 Å². The lowest BCUT2D eigenvalue weighted by Gasteiger charge is -2.51. The Morgan fingerprint density at radius 3 is 0.895 bits per heavy atom. The third kappa shape index (κ3) is 5.58. The molecule has 0 aliphatic rings. The molecule has 0 bridgehead atoms. The maximum atomic E-state index is 4.18. The molecule has 0 saturated carbocycles. The minimum atomic E-state index is -1.48. The maximum absolute atomic E-state index is 4.18. The van der Waals surface area contributed by atoms with Crippen molar-refractivity contribution >= 4 is 24.0 Å². The van der Waals surface area contributed by atoms with Gasteiger partial charge >= 0.3 is 0 Å². The average Bonchev–Trinajstić information content (AvgIpc) is 1.91. The lowest BCUT2D eigenvalue weighted by Crippen LogP contribution is -2.60. The van der Waals surface area contributed by atoms with Gasteiger partial charge in [0.05, 0.1) is 0 Å². The van der Waals surface area contributed by atoms with Crippen LogP contribution in [0.25, 0.3) is 0 Å². The Labute approximate surface area is 125 Å². The van der Waals surface area contributed by atoms with Crippen LogP contribution < -0.4 is 9.51 Å². The van der Waals surface area contributed by atoms with Crippen LogP contribution in [0.5, 0.6) is 0 Å². The standard InChI is InChI=1S/C14H38N2PSi2/c1-13(2,3)17(14(4,5)6,15-18(7,8)9)16-19(10,11)12/h15-16H,1-12H3/q+1.